The Morgan fingerprint density at radius 2 is 0.468 bits per heavy atom. The Bertz CT molecular complexity index is 1380. The fourth-order valence-electron chi connectivity index (χ4n) is 9.85. The average molecular weight is 1080 g/mol. The molecular weight excluding hydrogens is 949 g/mol. The zero-order chi connectivity index (χ0) is 55.7. The highest BCUT2D eigenvalue weighted by atomic mass is 16.6. The second-order valence-corrected chi connectivity index (χ2v) is 22.7. The topological polar surface area (TPSA) is 78.9 Å². The van der Waals surface area contributed by atoms with Gasteiger partial charge in [-0.25, -0.2) is 0 Å². The molecule has 0 aliphatic carbocycles. The Morgan fingerprint density at radius 3 is 0.766 bits per heavy atom. The number of esters is 3. The SMILES string of the molecule is CCCCC/C=C\CCCCCCCC(=O)OCC(COC(=O)CCCCCCCCCCCCCCCC/C=C\C/C=C\C/C=C\CCCCCCC)OC(=O)CCCCCCCCC/C=C\CCCCCCCCC. The van der Waals surface area contributed by atoms with Crippen LogP contribution in [0.25, 0.3) is 0 Å². The predicted molar refractivity (Wildman–Crippen MR) is 335 cm³/mol. The van der Waals surface area contributed by atoms with E-state index >= 15 is 0 Å². The number of hydrogen-bond donors (Lipinski definition) is 0. The number of hydrogen-bond acceptors (Lipinski definition) is 6. The van der Waals surface area contributed by atoms with Gasteiger partial charge in [0.25, 0.3) is 0 Å². The van der Waals surface area contributed by atoms with Gasteiger partial charge in [0.05, 0.1) is 0 Å². The Hall–Kier alpha value is -2.89. The molecule has 0 amide bonds. The van der Waals surface area contributed by atoms with Crippen LogP contribution >= 0.6 is 0 Å². The lowest BCUT2D eigenvalue weighted by Crippen LogP contribution is -2.30. The molecule has 0 radical (unpaired) electrons. The first kappa shape index (κ1) is 74.1. The highest BCUT2D eigenvalue weighted by molar-refractivity contribution is 5.71. The van der Waals surface area contributed by atoms with E-state index in [-0.39, 0.29) is 31.1 Å². The van der Waals surface area contributed by atoms with Crippen LogP contribution in [0.3, 0.4) is 0 Å². The molecule has 1 atom stereocenters. The van der Waals surface area contributed by atoms with Gasteiger partial charge in [0, 0.05) is 19.3 Å². The largest absolute Gasteiger partial charge is 0.462 e. The molecule has 448 valence electrons. The van der Waals surface area contributed by atoms with Crippen LogP contribution in [0.15, 0.2) is 60.8 Å². The van der Waals surface area contributed by atoms with Crippen molar-refractivity contribution in [3.8, 4) is 0 Å². The summed E-state index contributed by atoms with van der Waals surface area (Å²) in [7, 11) is 0. The van der Waals surface area contributed by atoms with Crippen molar-refractivity contribution >= 4 is 17.9 Å². The molecule has 0 aliphatic rings. The number of allylic oxidation sites excluding steroid dienone is 10. The maximum atomic E-state index is 12.9. The molecule has 0 saturated heterocycles. The summed E-state index contributed by atoms with van der Waals surface area (Å²) in [6.45, 7) is 6.64. The zero-order valence-electron chi connectivity index (χ0n) is 51.5. The monoisotopic (exact) mass is 1080 g/mol. The van der Waals surface area contributed by atoms with Gasteiger partial charge >= 0.3 is 17.9 Å². The Labute approximate surface area is 479 Å². The first-order chi connectivity index (χ1) is 38.0. The van der Waals surface area contributed by atoms with Gasteiger partial charge in [-0.2, -0.15) is 0 Å². The second-order valence-electron chi connectivity index (χ2n) is 22.7. The Balaban J connectivity index is 4.21. The minimum absolute atomic E-state index is 0.0763. The third-order valence-corrected chi connectivity index (χ3v) is 15.0. The van der Waals surface area contributed by atoms with Crippen molar-refractivity contribution in [3.63, 3.8) is 0 Å². The lowest BCUT2D eigenvalue weighted by Gasteiger charge is -2.18. The minimum Gasteiger partial charge on any atom is -0.462 e. The van der Waals surface area contributed by atoms with E-state index in [2.05, 4.69) is 81.5 Å². The lowest BCUT2D eigenvalue weighted by molar-refractivity contribution is -0.167. The van der Waals surface area contributed by atoms with Crippen LogP contribution < -0.4 is 0 Å². The molecular formula is C71H128O6. The number of carbonyl (C=O) groups is 3. The zero-order valence-corrected chi connectivity index (χ0v) is 51.5. The molecule has 0 bridgehead atoms. The molecule has 0 rings (SSSR count). The van der Waals surface area contributed by atoms with Crippen LogP contribution in [0.4, 0.5) is 0 Å². The summed E-state index contributed by atoms with van der Waals surface area (Å²) in [5, 5.41) is 0. The molecule has 0 aromatic carbocycles. The van der Waals surface area contributed by atoms with Crippen molar-refractivity contribution in [1.82, 2.24) is 0 Å². The van der Waals surface area contributed by atoms with Crippen LogP contribution in [0.2, 0.25) is 0 Å². The summed E-state index contributed by atoms with van der Waals surface area (Å²) in [5.41, 5.74) is 0. The lowest BCUT2D eigenvalue weighted by atomic mass is 10.0. The number of unbranched alkanes of at least 4 members (excludes halogenated alkanes) is 41. The van der Waals surface area contributed by atoms with E-state index in [1.165, 1.54) is 238 Å². The van der Waals surface area contributed by atoms with Crippen molar-refractivity contribution in [2.24, 2.45) is 0 Å². The van der Waals surface area contributed by atoms with Crippen LogP contribution in [0.1, 0.15) is 355 Å². The summed E-state index contributed by atoms with van der Waals surface area (Å²) in [4.78, 5) is 38.3. The van der Waals surface area contributed by atoms with Crippen molar-refractivity contribution in [1.29, 1.82) is 0 Å². The minimum atomic E-state index is -0.780. The molecule has 0 fully saturated rings. The molecule has 0 aromatic rings. The van der Waals surface area contributed by atoms with Crippen molar-refractivity contribution in [3.05, 3.63) is 60.8 Å². The molecule has 6 heteroatoms. The van der Waals surface area contributed by atoms with Gasteiger partial charge in [-0.15, -0.1) is 0 Å². The predicted octanol–water partition coefficient (Wildman–Crippen LogP) is 23.1. The maximum absolute atomic E-state index is 12.9. The molecule has 0 aliphatic heterocycles. The molecule has 77 heavy (non-hydrogen) atoms. The number of rotatable bonds is 62. The Kier molecular flexibility index (Phi) is 63.2. The molecule has 0 N–H and O–H groups in total. The van der Waals surface area contributed by atoms with Gasteiger partial charge in [0.2, 0.25) is 0 Å². The van der Waals surface area contributed by atoms with E-state index in [0.29, 0.717) is 19.3 Å². The maximum Gasteiger partial charge on any atom is 0.306 e. The van der Waals surface area contributed by atoms with E-state index in [9.17, 15) is 14.4 Å². The third-order valence-electron chi connectivity index (χ3n) is 15.0. The van der Waals surface area contributed by atoms with Crippen molar-refractivity contribution < 1.29 is 28.6 Å². The van der Waals surface area contributed by atoms with E-state index < -0.39 is 6.10 Å². The van der Waals surface area contributed by atoms with E-state index in [1.54, 1.807) is 0 Å². The molecule has 0 spiro atoms. The van der Waals surface area contributed by atoms with Crippen molar-refractivity contribution in [2.45, 2.75) is 361 Å². The van der Waals surface area contributed by atoms with E-state index in [1.807, 2.05) is 0 Å². The second kappa shape index (κ2) is 65.6. The van der Waals surface area contributed by atoms with E-state index in [4.69, 9.17) is 14.2 Å². The standard InChI is InChI=1S/C71H128O6/c1-4-7-10-13-16-19-22-25-27-29-31-32-33-34-35-36-37-38-39-40-41-43-44-46-49-52-55-58-61-64-70(73)76-67-68(66-75-69(72)63-60-57-54-51-48-24-21-18-15-12-9-6-3)77-71(74)65-62-59-56-53-50-47-45-42-30-28-26-23-20-17-14-11-8-5-2/h18,21-22,25,28-31,33-34,68H,4-17,19-20,23-24,26-27,32,35-67H2,1-3H3/b21-18-,25-22-,30-28-,31-29-,34-33-. The molecule has 6 nitrogen and oxygen atoms in total. The summed E-state index contributed by atoms with van der Waals surface area (Å²) >= 11 is 0. The van der Waals surface area contributed by atoms with Crippen LogP contribution in [0, 0.1) is 0 Å². The first-order valence-corrected chi connectivity index (χ1v) is 33.8. The van der Waals surface area contributed by atoms with Crippen LogP contribution in [-0.4, -0.2) is 37.2 Å². The van der Waals surface area contributed by atoms with Gasteiger partial charge in [-0.05, 0) is 109 Å². The third kappa shape index (κ3) is 63.8. The molecule has 0 heterocycles. The van der Waals surface area contributed by atoms with Crippen molar-refractivity contribution in [2.75, 3.05) is 13.2 Å². The summed E-state index contributed by atoms with van der Waals surface area (Å²) in [6, 6.07) is 0. The Morgan fingerprint density at radius 1 is 0.260 bits per heavy atom. The fraction of sp³-hybridized carbons (Fsp3) is 0.817. The molecule has 0 aromatic heterocycles. The number of carbonyl (C=O) groups excluding carboxylic acids is 3. The smallest absolute Gasteiger partial charge is 0.306 e. The van der Waals surface area contributed by atoms with Gasteiger partial charge in [0.1, 0.15) is 13.2 Å². The first-order valence-electron chi connectivity index (χ1n) is 33.8. The van der Waals surface area contributed by atoms with Gasteiger partial charge in [-0.1, -0.05) is 287 Å². The normalized spacial score (nSPS) is 12.4. The van der Waals surface area contributed by atoms with Crippen LogP contribution in [0.5, 0.6) is 0 Å². The van der Waals surface area contributed by atoms with Gasteiger partial charge in [-0.3, -0.25) is 14.4 Å². The van der Waals surface area contributed by atoms with Gasteiger partial charge < -0.3 is 14.2 Å². The quantitative estimate of drug-likeness (QED) is 0.0261. The molecule has 0 saturated carbocycles. The van der Waals surface area contributed by atoms with E-state index in [0.717, 1.165) is 77.0 Å². The van der Waals surface area contributed by atoms with Gasteiger partial charge in [0.15, 0.2) is 6.10 Å². The summed E-state index contributed by atoms with van der Waals surface area (Å²) in [6.07, 6.45) is 83.8. The van der Waals surface area contributed by atoms with Crippen LogP contribution in [-0.2, 0) is 28.6 Å². The molecule has 1 unspecified atom stereocenters. The highest BCUT2D eigenvalue weighted by Gasteiger charge is 2.19. The fourth-order valence-corrected chi connectivity index (χ4v) is 9.85. The highest BCUT2D eigenvalue weighted by Crippen LogP contribution is 2.17. The summed E-state index contributed by atoms with van der Waals surface area (Å²) in [5.74, 6) is -0.873. The average Bonchev–Trinajstić information content (AvgIpc) is 3.43. The number of ether oxygens (including phenoxy) is 3. The summed E-state index contributed by atoms with van der Waals surface area (Å²) < 4.78 is 16.9.